The van der Waals surface area contributed by atoms with Crippen LogP contribution in [0.4, 0.5) is 0 Å². The van der Waals surface area contributed by atoms with Gasteiger partial charge in [-0.25, -0.2) is 0 Å². The molecule has 208 valence electrons. The van der Waals surface area contributed by atoms with Crippen molar-refractivity contribution in [2.45, 2.75) is 103 Å². The van der Waals surface area contributed by atoms with Crippen molar-refractivity contribution in [1.29, 1.82) is 0 Å². The van der Waals surface area contributed by atoms with E-state index >= 15 is 0 Å². The van der Waals surface area contributed by atoms with Crippen LogP contribution in [0.1, 0.15) is 0 Å². The zero-order chi connectivity index (χ0) is 27.5. The minimum absolute atomic E-state index is 0.212. The maximum Gasteiger partial charge on any atom is 0.210 e. The minimum Gasteiger partial charge on any atom is -0.493 e. The predicted octanol–water partition coefficient (Wildman–Crippen LogP) is 6.52. The maximum absolute atomic E-state index is 6.90. The summed E-state index contributed by atoms with van der Waals surface area (Å²) in [7, 11) is -6.16. The maximum atomic E-state index is 6.90. The van der Waals surface area contributed by atoms with Crippen molar-refractivity contribution in [2.75, 3.05) is 13.7 Å². The second kappa shape index (κ2) is 12.1. The van der Waals surface area contributed by atoms with Gasteiger partial charge in [-0.3, -0.25) is 0 Å². The molecule has 5 atom stereocenters. The fourth-order valence-corrected chi connectivity index (χ4v) is 7.64. The Kier molecular flexibility index (Phi) is 10.7. The third kappa shape index (κ3) is 10.7. The van der Waals surface area contributed by atoms with Gasteiger partial charge in [0.25, 0.3) is 0 Å². The van der Waals surface area contributed by atoms with Gasteiger partial charge in [0, 0.05) is 6.61 Å². The molecular formula is C25H50O7Si4. The van der Waals surface area contributed by atoms with E-state index in [0.717, 1.165) is 0 Å². The summed E-state index contributed by atoms with van der Waals surface area (Å²) in [5.74, 6) is 1.05. The predicted molar refractivity (Wildman–Crippen MR) is 156 cm³/mol. The first kappa shape index (κ1) is 31.7. The normalized spacial score (nSPS) is 26.1. The molecule has 0 bridgehead atoms. The fourth-order valence-electron chi connectivity index (χ4n) is 3.88. The van der Waals surface area contributed by atoms with E-state index in [2.05, 4.69) is 78.6 Å². The molecule has 0 spiro atoms. The molecule has 11 heteroatoms. The summed E-state index contributed by atoms with van der Waals surface area (Å²) in [6, 6.07) is 7.63. The first-order valence-electron chi connectivity index (χ1n) is 12.9. The minimum atomic E-state index is -2.00. The lowest BCUT2D eigenvalue weighted by molar-refractivity contribution is -0.299. The Morgan fingerprint density at radius 3 is 1.61 bits per heavy atom. The molecule has 0 N–H and O–H groups in total. The molecule has 7 nitrogen and oxygen atoms in total. The van der Waals surface area contributed by atoms with E-state index in [9.17, 15) is 0 Å². The highest BCUT2D eigenvalue weighted by Crippen LogP contribution is 2.38. The Hall–Kier alpha value is -0.512. The van der Waals surface area contributed by atoms with E-state index < -0.39 is 45.8 Å². The molecule has 5 unspecified atom stereocenters. The number of ether oxygens (including phenoxy) is 3. The van der Waals surface area contributed by atoms with Crippen molar-refractivity contribution in [1.82, 2.24) is 0 Å². The molecule has 0 aliphatic carbocycles. The number of hydrogen-bond acceptors (Lipinski definition) is 7. The SMILES string of the molecule is COc1ccccc1OC1OC(O[Si](C)(C)C)C(O[Si](C)(C)C)C(O[Si](C)(C)C)C1CO[Si](C)(C)C. The molecule has 0 amide bonds. The lowest BCUT2D eigenvalue weighted by Gasteiger charge is -2.50. The summed E-state index contributed by atoms with van der Waals surface area (Å²) in [5, 5.41) is 0. The first-order valence-corrected chi connectivity index (χ1v) is 26.5. The largest absolute Gasteiger partial charge is 0.493 e. The average molecular weight is 575 g/mol. The number of para-hydroxylation sites is 2. The second-order valence-electron chi connectivity index (χ2n) is 13.3. The van der Waals surface area contributed by atoms with Crippen LogP contribution in [0.15, 0.2) is 24.3 Å². The van der Waals surface area contributed by atoms with Crippen molar-refractivity contribution in [3.63, 3.8) is 0 Å². The Balaban J connectivity index is 2.59. The van der Waals surface area contributed by atoms with Crippen molar-refractivity contribution in [2.24, 2.45) is 5.92 Å². The van der Waals surface area contributed by atoms with Crippen LogP contribution in [0.5, 0.6) is 11.5 Å². The highest BCUT2D eigenvalue weighted by Gasteiger charge is 2.52. The Morgan fingerprint density at radius 1 is 0.639 bits per heavy atom. The van der Waals surface area contributed by atoms with Crippen LogP contribution in [0.3, 0.4) is 0 Å². The van der Waals surface area contributed by atoms with Gasteiger partial charge in [0.15, 0.2) is 51.1 Å². The van der Waals surface area contributed by atoms with Crippen molar-refractivity contribution in [3.05, 3.63) is 24.3 Å². The quantitative estimate of drug-likeness (QED) is 0.263. The van der Waals surface area contributed by atoms with Crippen LogP contribution < -0.4 is 9.47 Å². The molecule has 1 saturated heterocycles. The summed E-state index contributed by atoms with van der Waals surface area (Å²) in [4.78, 5) is 0. The van der Waals surface area contributed by atoms with Gasteiger partial charge >= 0.3 is 0 Å². The summed E-state index contributed by atoms with van der Waals surface area (Å²) in [6.07, 6.45) is -1.92. The molecule has 1 aromatic rings. The van der Waals surface area contributed by atoms with E-state index in [-0.39, 0.29) is 18.1 Å². The van der Waals surface area contributed by atoms with Crippen LogP contribution in [0.2, 0.25) is 78.6 Å². The summed E-state index contributed by atoms with van der Waals surface area (Å²) in [6.45, 7) is 26.7. The Labute approximate surface area is 223 Å². The molecular weight excluding hydrogens is 525 g/mol. The molecule has 36 heavy (non-hydrogen) atoms. The number of benzene rings is 1. The molecule has 0 radical (unpaired) electrons. The second-order valence-corrected chi connectivity index (χ2v) is 31.2. The summed E-state index contributed by atoms with van der Waals surface area (Å²) >= 11 is 0. The lowest BCUT2D eigenvalue weighted by atomic mass is 9.94. The third-order valence-electron chi connectivity index (χ3n) is 5.10. The fraction of sp³-hybridized carbons (Fsp3) is 0.760. The summed E-state index contributed by atoms with van der Waals surface area (Å²) in [5.41, 5.74) is 0. The van der Waals surface area contributed by atoms with Crippen LogP contribution in [0, 0.1) is 5.92 Å². The van der Waals surface area contributed by atoms with E-state index in [0.29, 0.717) is 18.1 Å². The van der Waals surface area contributed by atoms with Gasteiger partial charge in [0.05, 0.1) is 19.1 Å². The van der Waals surface area contributed by atoms with Gasteiger partial charge in [-0.15, -0.1) is 0 Å². The van der Waals surface area contributed by atoms with Crippen molar-refractivity contribution >= 4 is 33.3 Å². The molecule has 1 aliphatic rings. The zero-order valence-corrected chi connectivity index (χ0v) is 28.8. The summed E-state index contributed by atoms with van der Waals surface area (Å²) < 4.78 is 45.5. The molecule has 1 aromatic carbocycles. The van der Waals surface area contributed by atoms with Gasteiger partial charge in [0.1, 0.15) is 6.10 Å². The molecule has 1 fully saturated rings. The Bertz CT molecular complexity index is 827. The number of methoxy groups -OCH3 is 1. The van der Waals surface area contributed by atoms with Gasteiger partial charge in [-0.2, -0.15) is 0 Å². The lowest BCUT2D eigenvalue weighted by Crippen LogP contribution is -2.64. The highest BCUT2D eigenvalue weighted by atomic mass is 28.4. The zero-order valence-electron chi connectivity index (χ0n) is 24.8. The van der Waals surface area contributed by atoms with Crippen LogP contribution >= 0.6 is 0 Å². The van der Waals surface area contributed by atoms with E-state index in [4.69, 9.17) is 31.9 Å². The smallest absolute Gasteiger partial charge is 0.210 e. The molecule has 0 aromatic heterocycles. The number of hydrogen-bond donors (Lipinski definition) is 0. The Morgan fingerprint density at radius 2 is 1.14 bits per heavy atom. The monoisotopic (exact) mass is 574 g/mol. The highest BCUT2D eigenvalue weighted by molar-refractivity contribution is 6.71. The first-order chi connectivity index (χ1) is 16.3. The van der Waals surface area contributed by atoms with Crippen molar-refractivity contribution < 1.29 is 31.9 Å². The number of rotatable bonds is 12. The molecule has 1 aliphatic heterocycles. The van der Waals surface area contributed by atoms with Crippen LogP contribution in [-0.4, -0.2) is 71.8 Å². The topological polar surface area (TPSA) is 64.6 Å². The van der Waals surface area contributed by atoms with E-state index in [1.54, 1.807) is 7.11 Å². The van der Waals surface area contributed by atoms with Gasteiger partial charge in [-0.05, 0) is 90.7 Å². The third-order valence-corrected chi connectivity index (χ3v) is 9.03. The van der Waals surface area contributed by atoms with Crippen molar-refractivity contribution in [3.8, 4) is 11.5 Å². The molecule has 1 heterocycles. The average Bonchev–Trinajstić information content (AvgIpc) is 2.67. The molecule has 0 saturated carbocycles. The van der Waals surface area contributed by atoms with Gasteiger partial charge < -0.3 is 31.9 Å². The van der Waals surface area contributed by atoms with Gasteiger partial charge in [-0.1, -0.05) is 12.1 Å². The van der Waals surface area contributed by atoms with Crippen LogP contribution in [0.25, 0.3) is 0 Å². The van der Waals surface area contributed by atoms with E-state index in [1.165, 1.54) is 0 Å². The standard InChI is InChI=1S/C25H50O7Si4/c1-26-20-16-14-15-17-21(20)28-24-19(18-27-33(2,3)4)22(30-34(5,6)7)23(31-35(8,9)10)25(29-24)32-36(11,12)13/h14-17,19,22-25H,18H2,1-13H3. The molecule has 2 rings (SSSR count). The van der Waals surface area contributed by atoms with Gasteiger partial charge in [0.2, 0.25) is 6.29 Å². The van der Waals surface area contributed by atoms with E-state index in [1.807, 2.05) is 24.3 Å². The van der Waals surface area contributed by atoms with Crippen LogP contribution in [-0.2, 0) is 22.4 Å².